The van der Waals surface area contributed by atoms with E-state index in [9.17, 15) is 9.59 Å². The quantitative estimate of drug-likeness (QED) is 0.352. The highest BCUT2D eigenvalue weighted by Crippen LogP contribution is 2.33. The number of fused-ring (bicyclic) bond motifs is 3. The van der Waals surface area contributed by atoms with Gasteiger partial charge in [0, 0.05) is 17.0 Å². The van der Waals surface area contributed by atoms with Crippen LogP contribution in [0.1, 0.15) is 78.5 Å². The van der Waals surface area contributed by atoms with Crippen LogP contribution in [0.5, 0.6) is 5.75 Å². The van der Waals surface area contributed by atoms with Crippen molar-refractivity contribution in [3.8, 4) is 5.75 Å². The van der Waals surface area contributed by atoms with Gasteiger partial charge in [-0.2, -0.15) is 0 Å². The van der Waals surface area contributed by atoms with E-state index in [1.807, 2.05) is 6.07 Å². The number of carbonyl (C=O) groups is 1. The summed E-state index contributed by atoms with van der Waals surface area (Å²) < 4.78 is 17.0. The molecule has 2 aromatic heterocycles. The molecule has 0 fully saturated rings. The molecule has 0 saturated carbocycles. The Balaban J connectivity index is 1.67. The van der Waals surface area contributed by atoms with Gasteiger partial charge in [0.1, 0.15) is 23.7 Å². The predicted molar refractivity (Wildman–Crippen MR) is 117 cm³/mol. The second-order valence-electron chi connectivity index (χ2n) is 8.18. The summed E-state index contributed by atoms with van der Waals surface area (Å²) >= 11 is 0. The maximum Gasteiger partial charge on any atom is 0.371 e. The molecule has 2 heterocycles. The van der Waals surface area contributed by atoms with Crippen LogP contribution in [0.3, 0.4) is 0 Å². The van der Waals surface area contributed by atoms with Crippen molar-refractivity contribution in [3.05, 3.63) is 62.9 Å². The van der Waals surface area contributed by atoms with Crippen LogP contribution in [0.15, 0.2) is 37.9 Å². The molecule has 0 amide bonds. The molecule has 1 aromatic carbocycles. The van der Waals surface area contributed by atoms with Gasteiger partial charge in [0.2, 0.25) is 5.76 Å². The molecule has 0 saturated heterocycles. The molecule has 31 heavy (non-hydrogen) atoms. The molecule has 0 atom stereocenters. The standard InChI is InChI=1S/C25H28O6/c1-2-3-4-5-8-16-13-20-18-9-6-7-10-19(18)25(28)31-23(20)14-22(16)29-15-17-11-12-21(30-17)24(26)27/h11-14H,2-10,15H2,1H3,(H,26,27). The molecule has 1 aliphatic carbocycles. The molecule has 6 heteroatoms. The van der Waals surface area contributed by atoms with Crippen LogP contribution in [0.25, 0.3) is 11.0 Å². The lowest BCUT2D eigenvalue weighted by atomic mass is 9.89. The normalized spacial score (nSPS) is 13.3. The minimum Gasteiger partial charge on any atom is -0.485 e. The van der Waals surface area contributed by atoms with E-state index in [4.69, 9.17) is 18.7 Å². The van der Waals surface area contributed by atoms with E-state index >= 15 is 0 Å². The van der Waals surface area contributed by atoms with Gasteiger partial charge in [-0.25, -0.2) is 9.59 Å². The number of aryl methyl sites for hydroxylation is 2. The van der Waals surface area contributed by atoms with Crippen LogP contribution in [0, 0.1) is 0 Å². The van der Waals surface area contributed by atoms with Gasteiger partial charge in [0.05, 0.1) is 0 Å². The lowest BCUT2D eigenvalue weighted by Gasteiger charge is -2.18. The number of carboxylic acid groups (broad SMARTS) is 1. The van der Waals surface area contributed by atoms with Crippen LogP contribution in [-0.4, -0.2) is 11.1 Å². The number of rotatable bonds is 9. The first-order valence-electron chi connectivity index (χ1n) is 11.1. The third-order valence-corrected chi connectivity index (χ3v) is 5.95. The molecule has 0 spiro atoms. The fraction of sp³-hybridized carbons (Fsp3) is 0.440. The van der Waals surface area contributed by atoms with Crippen molar-refractivity contribution in [3.63, 3.8) is 0 Å². The second-order valence-corrected chi connectivity index (χ2v) is 8.18. The van der Waals surface area contributed by atoms with E-state index < -0.39 is 5.97 Å². The molecule has 1 N–H and O–H groups in total. The van der Waals surface area contributed by atoms with Gasteiger partial charge >= 0.3 is 11.6 Å². The van der Waals surface area contributed by atoms with Gasteiger partial charge in [-0.15, -0.1) is 0 Å². The molecule has 0 bridgehead atoms. The number of unbranched alkanes of at least 4 members (excludes halogenated alkanes) is 3. The minimum absolute atomic E-state index is 0.107. The number of ether oxygens (including phenoxy) is 1. The molecule has 4 rings (SSSR count). The van der Waals surface area contributed by atoms with Crippen LogP contribution < -0.4 is 10.4 Å². The average molecular weight is 424 g/mol. The van der Waals surface area contributed by atoms with Gasteiger partial charge in [0.15, 0.2) is 0 Å². The van der Waals surface area contributed by atoms with Crippen molar-refractivity contribution >= 4 is 16.9 Å². The summed E-state index contributed by atoms with van der Waals surface area (Å²) in [6, 6.07) is 6.94. The molecule has 0 aliphatic heterocycles. The first-order valence-corrected chi connectivity index (χ1v) is 11.1. The lowest BCUT2D eigenvalue weighted by molar-refractivity contribution is 0.0658. The summed E-state index contributed by atoms with van der Waals surface area (Å²) in [5.74, 6) is -0.146. The molecule has 6 nitrogen and oxygen atoms in total. The summed E-state index contributed by atoms with van der Waals surface area (Å²) in [6.45, 7) is 2.30. The van der Waals surface area contributed by atoms with Crippen LogP contribution in [-0.2, 0) is 25.9 Å². The average Bonchev–Trinajstić information content (AvgIpc) is 3.25. The van der Waals surface area contributed by atoms with Crippen LogP contribution >= 0.6 is 0 Å². The van der Waals surface area contributed by atoms with Crippen LogP contribution in [0.2, 0.25) is 0 Å². The Kier molecular flexibility index (Phi) is 6.44. The van der Waals surface area contributed by atoms with Gasteiger partial charge < -0.3 is 18.7 Å². The van der Waals surface area contributed by atoms with Gasteiger partial charge in [-0.1, -0.05) is 26.2 Å². The number of carboxylic acids is 1. The van der Waals surface area contributed by atoms with Crippen molar-refractivity contribution in [1.29, 1.82) is 0 Å². The number of furan rings is 1. The monoisotopic (exact) mass is 424 g/mol. The SMILES string of the molecule is CCCCCCc1cc2c3c(c(=O)oc2cc1OCc1ccc(C(=O)O)o1)CCCC3. The maximum absolute atomic E-state index is 12.5. The Morgan fingerprint density at radius 2 is 1.87 bits per heavy atom. The number of benzene rings is 1. The molecule has 1 aliphatic rings. The Morgan fingerprint density at radius 1 is 1.06 bits per heavy atom. The van der Waals surface area contributed by atoms with Gasteiger partial charge in [0.25, 0.3) is 0 Å². The van der Waals surface area contributed by atoms with E-state index in [0.29, 0.717) is 17.1 Å². The Labute approximate surface area is 180 Å². The zero-order chi connectivity index (χ0) is 21.8. The molecule has 3 aromatic rings. The highest BCUT2D eigenvalue weighted by Gasteiger charge is 2.20. The molecular weight excluding hydrogens is 396 g/mol. The molecular formula is C25H28O6. The van der Waals surface area contributed by atoms with Crippen LogP contribution in [0.4, 0.5) is 0 Å². The fourth-order valence-corrected chi connectivity index (χ4v) is 4.31. The fourth-order valence-electron chi connectivity index (χ4n) is 4.31. The summed E-state index contributed by atoms with van der Waals surface area (Å²) in [6.07, 6.45) is 9.23. The molecule has 0 unspecified atom stereocenters. The van der Waals surface area contributed by atoms with E-state index in [-0.39, 0.29) is 18.0 Å². The smallest absolute Gasteiger partial charge is 0.371 e. The van der Waals surface area contributed by atoms with Crippen molar-refractivity contribution in [2.45, 2.75) is 71.3 Å². The van der Waals surface area contributed by atoms with E-state index in [1.165, 1.54) is 18.9 Å². The first-order chi connectivity index (χ1) is 15.1. The van der Waals surface area contributed by atoms with E-state index in [1.54, 1.807) is 6.07 Å². The highest BCUT2D eigenvalue weighted by atomic mass is 16.5. The molecule has 0 radical (unpaired) electrons. The number of hydrogen-bond donors (Lipinski definition) is 1. The van der Waals surface area contributed by atoms with E-state index in [0.717, 1.165) is 67.0 Å². The lowest BCUT2D eigenvalue weighted by Crippen LogP contribution is -2.16. The summed E-state index contributed by atoms with van der Waals surface area (Å²) in [7, 11) is 0. The Hall–Kier alpha value is -3.02. The Morgan fingerprint density at radius 3 is 2.61 bits per heavy atom. The summed E-state index contributed by atoms with van der Waals surface area (Å²) in [5.41, 5.74) is 3.32. The first kappa shape index (κ1) is 21.2. The van der Waals surface area contributed by atoms with E-state index in [2.05, 4.69) is 13.0 Å². The second kappa shape index (κ2) is 9.41. The highest BCUT2D eigenvalue weighted by molar-refractivity contribution is 5.84. The number of hydrogen-bond acceptors (Lipinski definition) is 5. The van der Waals surface area contributed by atoms with Gasteiger partial charge in [-0.05, 0) is 67.9 Å². The topological polar surface area (TPSA) is 89.9 Å². The predicted octanol–water partition coefficient (Wildman–Crippen LogP) is 5.66. The zero-order valence-electron chi connectivity index (χ0n) is 17.9. The number of aromatic carboxylic acids is 1. The third kappa shape index (κ3) is 4.68. The summed E-state index contributed by atoms with van der Waals surface area (Å²) in [4.78, 5) is 23.5. The minimum atomic E-state index is -1.11. The van der Waals surface area contributed by atoms with Crippen molar-refractivity contribution < 1.29 is 23.5 Å². The molecule has 164 valence electrons. The van der Waals surface area contributed by atoms with Crippen molar-refractivity contribution in [1.82, 2.24) is 0 Å². The van der Waals surface area contributed by atoms with Crippen molar-refractivity contribution in [2.75, 3.05) is 0 Å². The largest absolute Gasteiger partial charge is 0.485 e. The third-order valence-electron chi connectivity index (χ3n) is 5.95. The summed E-state index contributed by atoms with van der Waals surface area (Å²) in [5, 5.41) is 10.0. The maximum atomic E-state index is 12.5. The van der Waals surface area contributed by atoms with Crippen molar-refractivity contribution in [2.24, 2.45) is 0 Å². The zero-order valence-corrected chi connectivity index (χ0v) is 17.9. The van der Waals surface area contributed by atoms with Gasteiger partial charge in [-0.3, -0.25) is 0 Å². The Bertz CT molecular complexity index is 1140.